The zero-order valence-corrected chi connectivity index (χ0v) is 16.1. The van der Waals surface area contributed by atoms with Crippen molar-refractivity contribution in [1.82, 2.24) is 19.9 Å². The van der Waals surface area contributed by atoms with Crippen LogP contribution in [-0.2, 0) is 7.05 Å². The lowest BCUT2D eigenvalue weighted by Gasteiger charge is -2.21. The molecule has 0 fully saturated rings. The van der Waals surface area contributed by atoms with Gasteiger partial charge in [0.15, 0.2) is 0 Å². The topological polar surface area (TPSA) is 71.9 Å². The molecule has 0 aliphatic carbocycles. The Labute approximate surface area is 163 Å². The van der Waals surface area contributed by atoms with E-state index in [-0.39, 0.29) is 5.91 Å². The molecule has 4 aromatic rings. The summed E-state index contributed by atoms with van der Waals surface area (Å²) in [5, 5.41) is 4.11. The Morgan fingerprint density at radius 2 is 2.04 bits per heavy atom. The van der Waals surface area contributed by atoms with Crippen LogP contribution < -0.4 is 10.1 Å². The first-order valence-electron chi connectivity index (χ1n) is 9.07. The number of hydrogen-bond acceptors (Lipinski definition) is 3. The summed E-state index contributed by atoms with van der Waals surface area (Å²) in [4.78, 5) is 20.7. The van der Waals surface area contributed by atoms with Crippen LogP contribution in [0, 0.1) is 6.92 Å². The number of aromatic amines is 1. The van der Waals surface area contributed by atoms with Crippen molar-refractivity contribution in [3.8, 4) is 5.75 Å². The number of nitrogens with one attached hydrogen (secondary N) is 2. The van der Waals surface area contributed by atoms with Gasteiger partial charge in [-0.2, -0.15) is 0 Å². The number of imidazole rings is 1. The maximum Gasteiger partial charge on any atom is 0.268 e. The Hall–Kier alpha value is -3.54. The number of H-pyrrole nitrogens is 1. The highest BCUT2D eigenvalue weighted by Crippen LogP contribution is 2.29. The van der Waals surface area contributed by atoms with Crippen LogP contribution in [0.3, 0.4) is 0 Å². The van der Waals surface area contributed by atoms with Gasteiger partial charge in [-0.1, -0.05) is 30.3 Å². The first-order chi connectivity index (χ1) is 13.6. The molecule has 0 spiro atoms. The Kier molecular flexibility index (Phi) is 4.61. The number of carbonyl (C=O) groups excluding carboxylic acids is 1. The van der Waals surface area contributed by atoms with Crippen LogP contribution in [0.5, 0.6) is 5.75 Å². The molecule has 0 saturated heterocycles. The summed E-state index contributed by atoms with van der Waals surface area (Å²) in [7, 11) is 3.53. The molecule has 1 atom stereocenters. The standard InChI is InChI=1S/C22H22N4O2/c1-14-8-9-15-13-18(24-17(15)12-14)22(27)25-20(21-23-10-11-26(21)2)16-6-4-5-7-19(16)28-3/h4-13,20,24H,1-3H3,(H,25,27). The van der Waals surface area contributed by atoms with Gasteiger partial charge in [-0.05, 0) is 30.7 Å². The predicted octanol–water partition coefficient (Wildman–Crippen LogP) is 3.74. The molecule has 2 heterocycles. The highest BCUT2D eigenvalue weighted by atomic mass is 16.5. The lowest BCUT2D eigenvalue weighted by atomic mass is 10.0. The fourth-order valence-electron chi connectivity index (χ4n) is 3.41. The van der Waals surface area contributed by atoms with E-state index in [1.165, 1.54) is 0 Å². The van der Waals surface area contributed by atoms with Crippen molar-refractivity contribution in [2.75, 3.05) is 7.11 Å². The minimum atomic E-state index is -0.447. The lowest BCUT2D eigenvalue weighted by Crippen LogP contribution is -2.31. The number of rotatable bonds is 5. The van der Waals surface area contributed by atoms with Crippen molar-refractivity contribution in [1.29, 1.82) is 0 Å². The van der Waals surface area contributed by atoms with E-state index in [9.17, 15) is 4.79 Å². The van der Waals surface area contributed by atoms with E-state index in [0.29, 0.717) is 11.4 Å². The van der Waals surface area contributed by atoms with Crippen LogP contribution in [0.4, 0.5) is 0 Å². The maximum atomic E-state index is 13.1. The number of fused-ring (bicyclic) bond motifs is 1. The molecule has 6 nitrogen and oxygen atoms in total. The van der Waals surface area contributed by atoms with Gasteiger partial charge in [-0.3, -0.25) is 4.79 Å². The van der Waals surface area contributed by atoms with Crippen LogP contribution in [0.2, 0.25) is 0 Å². The minimum absolute atomic E-state index is 0.201. The second-order valence-corrected chi connectivity index (χ2v) is 6.82. The molecular weight excluding hydrogens is 352 g/mol. The Balaban J connectivity index is 1.72. The second-order valence-electron chi connectivity index (χ2n) is 6.82. The SMILES string of the molecule is COc1ccccc1C(NC(=O)c1cc2ccc(C)cc2[nH]1)c1nccn1C. The number of carbonyl (C=O) groups is 1. The quantitative estimate of drug-likeness (QED) is 0.559. The molecule has 0 radical (unpaired) electrons. The zero-order valence-electron chi connectivity index (χ0n) is 16.1. The third kappa shape index (κ3) is 3.24. The zero-order chi connectivity index (χ0) is 19.7. The molecule has 0 aliphatic rings. The van der Waals surface area contributed by atoms with Gasteiger partial charge in [0.1, 0.15) is 23.3 Å². The summed E-state index contributed by atoms with van der Waals surface area (Å²) in [6, 6.07) is 15.1. The van der Waals surface area contributed by atoms with Crippen molar-refractivity contribution < 1.29 is 9.53 Å². The Morgan fingerprint density at radius 1 is 1.21 bits per heavy atom. The summed E-state index contributed by atoms with van der Waals surface area (Å²) in [6.07, 6.45) is 3.57. The van der Waals surface area contributed by atoms with Gasteiger partial charge < -0.3 is 19.6 Å². The van der Waals surface area contributed by atoms with Gasteiger partial charge in [0.2, 0.25) is 0 Å². The number of ether oxygens (including phenoxy) is 1. The second kappa shape index (κ2) is 7.23. The number of hydrogen-bond donors (Lipinski definition) is 2. The molecule has 4 rings (SSSR count). The minimum Gasteiger partial charge on any atom is -0.496 e. The molecule has 0 bridgehead atoms. The molecular formula is C22H22N4O2. The fourth-order valence-corrected chi connectivity index (χ4v) is 3.41. The number of methoxy groups -OCH3 is 1. The number of benzene rings is 2. The van der Waals surface area contributed by atoms with Crippen molar-refractivity contribution in [2.45, 2.75) is 13.0 Å². The van der Waals surface area contributed by atoms with Crippen molar-refractivity contribution in [2.24, 2.45) is 7.05 Å². The molecule has 28 heavy (non-hydrogen) atoms. The summed E-state index contributed by atoms with van der Waals surface area (Å²) in [6.45, 7) is 2.03. The van der Waals surface area contributed by atoms with Gasteiger partial charge in [0.25, 0.3) is 5.91 Å². The molecule has 142 valence electrons. The van der Waals surface area contributed by atoms with Crippen LogP contribution in [-0.4, -0.2) is 27.6 Å². The monoisotopic (exact) mass is 374 g/mol. The van der Waals surface area contributed by atoms with Gasteiger partial charge >= 0.3 is 0 Å². The molecule has 1 amide bonds. The first-order valence-corrected chi connectivity index (χ1v) is 9.07. The normalized spacial score (nSPS) is 12.1. The average molecular weight is 374 g/mol. The predicted molar refractivity (Wildman–Crippen MR) is 109 cm³/mol. The number of aryl methyl sites for hydroxylation is 2. The maximum absolute atomic E-state index is 13.1. The fraction of sp³-hybridized carbons (Fsp3) is 0.182. The molecule has 6 heteroatoms. The van der Waals surface area contributed by atoms with Crippen molar-refractivity contribution in [3.05, 3.63) is 83.6 Å². The van der Waals surface area contributed by atoms with E-state index in [0.717, 1.165) is 27.9 Å². The van der Waals surface area contributed by atoms with E-state index >= 15 is 0 Å². The largest absolute Gasteiger partial charge is 0.496 e. The molecule has 2 N–H and O–H groups in total. The third-order valence-corrected chi connectivity index (χ3v) is 4.86. The van der Waals surface area contributed by atoms with Gasteiger partial charge in [0, 0.05) is 35.9 Å². The van der Waals surface area contributed by atoms with E-state index in [4.69, 9.17) is 4.74 Å². The van der Waals surface area contributed by atoms with Crippen LogP contribution >= 0.6 is 0 Å². The average Bonchev–Trinajstić information content (AvgIpc) is 3.31. The summed E-state index contributed by atoms with van der Waals surface area (Å²) in [5.41, 5.74) is 3.44. The van der Waals surface area contributed by atoms with E-state index in [2.05, 4.69) is 15.3 Å². The van der Waals surface area contributed by atoms with E-state index < -0.39 is 6.04 Å². The van der Waals surface area contributed by atoms with Gasteiger partial charge in [-0.15, -0.1) is 0 Å². The first kappa shape index (κ1) is 17.9. The molecule has 0 aliphatic heterocycles. The number of amides is 1. The molecule has 1 unspecified atom stereocenters. The van der Waals surface area contributed by atoms with E-state index in [1.807, 2.05) is 73.3 Å². The molecule has 0 saturated carbocycles. The number of aromatic nitrogens is 3. The highest BCUT2D eigenvalue weighted by molar-refractivity contribution is 5.98. The number of nitrogens with zero attached hydrogens (tertiary/aromatic N) is 2. The summed E-state index contributed by atoms with van der Waals surface area (Å²) >= 11 is 0. The van der Waals surface area contributed by atoms with Gasteiger partial charge in [0.05, 0.1) is 7.11 Å². The molecule has 2 aromatic carbocycles. The number of para-hydroxylation sites is 1. The Morgan fingerprint density at radius 3 is 2.79 bits per heavy atom. The van der Waals surface area contributed by atoms with Crippen LogP contribution in [0.15, 0.2) is 60.9 Å². The third-order valence-electron chi connectivity index (χ3n) is 4.86. The summed E-state index contributed by atoms with van der Waals surface area (Å²) in [5.74, 6) is 1.22. The van der Waals surface area contributed by atoms with Crippen LogP contribution in [0.1, 0.15) is 33.5 Å². The van der Waals surface area contributed by atoms with Crippen molar-refractivity contribution >= 4 is 16.8 Å². The smallest absolute Gasteiger partial charge is 0.268 e. The summed E-state index contributed by atoms with van der Waals surface area (Å²) < 4.78 is 7.41. The Bertz CT molecular complexity index is 1140. The van der Waals surface area contributed by atoms with Crippen molar-refractivity contribution in [3.63, 3.8) is 0 Å². The highest BCUT2D eigenvalue weighted by Gasteiger charge is 2.25. The lowest BCUT2D eigenvalue weighted by molar-refractivity contribution is 0.0936. The van der Waals surface area contributed by atoms with Gasteiger partial charge in [-0.25, -0.2) is 4.98 Å². The molecule has 2 aromatic heterocycles. The van der Waals surface area contributed by atoms with E-state index in [1.54, 1.807) is 13.3 Å². The van der Waals surface area contributed by atoms with Crippen LogP contribution in [0.25, 0.3) is 10.9 Å².